The van der Waals surface area contributed by atoms with Crippen molar-refractivity contribution in [1.29, 1.82) is 0 Å². The lowest BCUT2D eigenvalue weighted by Crippen LogP contribution is -2.15. The highest BCUT2D eigenvalue weighted by atomic mass is 35.5. The molecule has 1 aromatic carbocycles. The lowest BCUT2D eigenvalue weighted by molar-refractivity contribution is 0.244. The Morgan fingerprint density at radius 1 is 1.29 bits per heavy atom. The molecule has 0 saturated carbocycles. The zero-order chi connectivity index (χ0) is 12.8. The number of aliphatic hydroxyl groups is 1. The number of nitrogens with one attached hydrogen (secondary N) is 1. The fourth-order valence-corrected chi connectivity index (χ4v) is 1.58. The Balaban J connectivity index is 2.88. The second-order valence-corrected chi connectivity index (χ2v) is 4.26. The molecule has 0 radical (unpaired) electrons. The van der Waals surface area contributed by atoms with Crippen molar-refractivity contribution >= 4 is 17.3 Å². The molecule has 1 rings (SSSR count). The average Bonchev–Trinajstić information content (AvgIpc) is 2.36. The van der Waals surface area contributed by atoms with Crippen molar-refractivity contribution in [3.8, 4) is 11.5 Å². The summed E-state index contributed by atoms with van der Waals surface area (Å²) in [7, 11) is 3.15. The molecule has 2 N–H and O–H groups in total. The fourth-order valence-electron chi connectivity index (χ4n) is 1.35. The van der Waals surface area contributed by atoms with Crippen LogP contribution in [-0.4, -0.2) is 32.5 Å². The van der Waals surface area contributed by atoms with Crippen LogP contribution in [0.1, 0.15) is 6.92 Å². The summed E-state index contributed by atoms with van der Waals surface area (Å²) in [6.07, 6.45) is 0. The van der Waals surface area contributed by atoms with Crippen molar-refractivity contribution in [3.63, 3.8) is 0 Å². The van der Waals surface area contributed by atoms with Gasteiger partial charge in [-0.25, -0.2) is 0 Å². The normalized spacial score (nSPS) is 12.1. The largest absolute Gasteiger partial charge is 0.495 e. The Labute approximate surface area is 106 Å². The predicted octanol–water partition coefficient (Wildman–Crippen LogP) is 2.40. The van der Waals surface area contributed by atoms with E-state index in [2.05, 4.69) is 5.32 Å². The zero-order valence-corrected chi connectivity index (χ0v) is 11.0. The van der Waals surface area contributed by atoms with E-state index in [9.17, 15) is 0 Å². The third-order valence-corrected chi connectivity index (χ3v) is 2.72. The minimum Gasteiger partial charge on any atom is -0.495 e. The Bertz CT molecular complexity index is 371. The van der Waals surface area contributed by atoms with Crippen LogP contribution in [0.2, 0.25) is 5.02 Å². The summed E-state index contributed by atoms with van der Waals surface area (Å²) in [6, 6.07) is 3.48. The first-order valence-corrected chi connectivity index (χ1v) is 5.76. The van der Waals surface area contributed by atoms with E-state index >= 15 is 0 Å². The number of aliphatic hydroxyl groups excluding tert-OH is 1. The summed E-state index contributed by atoms with van der Waals surface area (Å²) in [5.74, 6) is 1.41. The van der Waals surface area contributed by atoms with Gasteiger partial charge in [0.05, 0.1) is 24.9 Å². The lowest BCUT2D eigenvalue weighted by Gasteiger charge is -2.15. The van der Waals surface area contributed by atoms with Crippen LogP contribution in [0.15, 0.2) is 12.1 Å². The molecule has 0 fully saturated rings. The van der Waals surface area contributed by atoms with Crippen molar-refractivity contribution in [2.75, 3.05) is 32.7 Å². The first kappa shape index (κ1) is 13.9. The van der Waals surface area contributed by atoms with Crippen LogP contribution in [0.4, 0.5) is 5.69 Å². The molecule has 1 aromatic rings. The third kappa shape index (κ3) is 3.68. The molecule has 5 heteroatoms. The van der Waals surface area contributed by atoms with Gasteiger partial charge in [0.2, 0.25) is 0 Å². The quantitative estimate of drug-likeness (QED) is 0.824. The molecule has 1 atom stereocenters. The second-order valence-electron chi connectivity index (χ2n) is 3.86. The van der Waals surface area contributed by atoms with Crippen molar-refractivity contribution < 1.29 is 14.6 Å². The number of hydrogen-bond donors (Lipinski definition) is 2. The highest BCUT2D eigenvalue weighted by Crippen LogP contribution is 2.35. The minimum absolute atomic E-state index is 0.139. The van der Waals surface area contributed by atoms with E-state index in [-0.39, 0.29) is 12.5 Å². The van der Waals surface area contributed by atoms with Gasteiger partial charge in [0.15, 0.2) is 0 Å². The zero-order valence-electron chi connectivity index (χ0n) is 10.3. The summed E-state index contributed by atoms with van der Waals surface area (Å²) >= 11 is 6.00. The molecule has 0 aliphatic carbocycles. The molecule has 0 aromatic heterocycles. The highest BCUT2D eigenvalue weighted by Gasteiger charge is 2.10. The molecule has 1 unspecified atom stereocenters. The Morgan fingerprint density at radius 3 is 2.47 bits per heavy atom. The van der Waals surface area contributed by atoms with Gasteiger partial charge in [-0.2, -0.15) is 0 Å². The second kappa shape index (κ2) is 6.57. The Morgan fingerprint density at radius 2 is 1.94 bits per heavy atom. The maximum atomic E-state index is 8.97. The number of rotatable bonds is 6. The highest BCUT2D eigenvalue weighted by molar-refractivity contribution is 6.32. The van der Waals surface area contributed by atoms with Gasteiger partial charge < -0.3 is 19.9 Å². The van der Waals surface area contributed by atoms with Crippen LogP contribution in [0.5, 0.6) is 11.5 Å². The van der Waals surface area contributed by atoms with Crippen LogP contribution in [0.3, 0.4) is 0 Å². The van der Waals surface area contributed by atoms with Gasteiger partial charge in [-0.1, -0.05) is 18.5 Å². The Hall–Kier alpha value is -1.13. The van der Waals surface area contributed by atoms with E-state index in [0.717, 1.165) is 5.69 Å². The molecule has 17 heavy (non-hydrogen) atoms. The maximum absolute atomic E-state index is 8.97. The van der Waals surface area contributed by atoms with Crippen LogP contribution in [0.25, 0.3) is 0 Å². The first-order valence-electron chi connectivity index (χ1n) is 5.38. The number of halogens is 1. The molecular weight excluding hydrogens is 242 g/mol. The summed E-state index contributed by atoms with van der Waals surface area (Å²) < 4.78 is 10.4. The van der Waals surface area contributed by atoms with E-state index in [1.165, 1.54) is 0 Å². The standard InChI is InChI=1S/C12H18ClNO3/c1-8(7-15)6-14-10-5-11(16-2)9(13)4-12(10)17-3/h4-5,8,14-15H,6-7H2,1-3H3. The molecular formula is C12H18ClNO3. The number of methoxy groups -OCH3 is 2. The summed E-state index contributed by atoms with van der Waals surface area (Å²) in [6.45, 7) is 2.74. The maximum Gasteiger partial charge on any atom is 0.143 e. The van der Waals surface area contributed by atoms with Crippen LogP contribution < -0.4 is 14.8 Å². The predicted molar refractivity (Wildman–Crippen MR) is 69.3 cm³/mol. The lowest BCUT2D eigenvalue weighted by atomic mass is 10.2. The SMILES string of the molecule is COc1cc(NCC(C)CO)c(OC)cc1Cl. The van der Waals surface area contributed by atoms with Gasteiger partial charge in [-0.15, -0.1) is 0 Å². The third-order valence-electron chi connectivity index (χ3n) is 2.43. The van der Waals surface area contributed by atoms with Gasteiger partial charge in [-0.3, -0.25) is 0 Å². The molecule has 0 saturated heterocycles. The molecule has 4 nitrogen and oxygen atoms in total. The van der Waals surface area contributed by atoms with Crippen molar-refractivity contribution in [2.45, 2.75) is 6.92 Å². The van der Waals surface area contributed by atoms with Gasteiger partial charge >= 0.3 is 0 Å². The number of benzene rings is 1. The van der Waals surface area contributed by atoms with Crippen LogP contribution in [-0.2, 0) is 0 Å². The van der Waals surface area contributed by atoms with E-state index in [1.807, 2.05) is 6.92 Å². The van der Waals surface area contributed by atoms with Gasteiger partial charge in [-0.05, 0) is 5.92 Å². The average molecular weight is 260 g/mol. The monoisotopic (exact) mass is 259 g/mol. The van der Waals surface area contributed by atoms with E-state index in [1.54, 1.807) is 26.4 Å². The molecule has 0 aliphatic heterocycles. The van der Waals surface area contributed by atoms with Crippen molar-refractivity contribution in [3.05, 3.63) is 17.2 Å². The van der Waals surface area contributed by atoms with E-state index in [0.29, 0.717) is 23.1 Å². The van der Waals surface area contributed by atoms with Crippen molar-refractivity contribution in [1.82, 2.24) is 0 Å². The number of hydrogen-bond acceptors (Lipinski definition) is 4. The molecule has 0 heterocycles. The first-order chi connectivity index (χ1) is 8.12. The molecule has 0 aliphatic rings. The fraction of sp³-hybridized carbons (Fsp3) is 0.500. The van der Waals surface area contributed by atoms with Gasteiger partial charge in [0, 0.05) is 25.3 Å². The minimum atomic E-state index is 0.139. The van der Waals surface area contributed by atoms with Crippen LogP contribution in [0, 0.1) is 5.92 Å². The van der Waals surface area contributed by atoms with E-state index in [4.69, 9.17) is 26.2 Å². The van der Waals surface area contributed by atoms with Gasteiger partial charge in [0.25, 0.3) is 0 Å². The van der Waals surface area contributed by atoms with Crippen molar-refractivity contribution in [2.24, 2.45) is 5.92 Å². The van der Waals surface area contributed by atoms with Crippen LogP contribution >= 0.6 is 11.6 Å². The number of ether oxygens (including phenoxy) is 2. The summed E-state index contributed by atoms with van der Waals surface area (Å²) in [5.41, 5.74) is 0.800. The molecule has 0 spiro atoms. The van der Waals surface area contributed by atoms with Gasteiger partial charge in [0.1, 0.15) is 11.5 Å². The Kier molecular flexibility index (Phi) is 5.38. The number of anilines is 1. The topological polar surface area (TPSA) is 50.7 Å². The smallest absolute Gasteiger partial charge is 0.143 e. The molecule has 96 valence electrons. The summed E-state index contributed by atoms with van der Waals surface area (Å²) in [5, 5.41) is 12.7. The molecule has 0 bridgehead atoms. The summed E-state index contributed by atoms with van der Waals surface area (Å²) in [4.78, 5) is 0. The van der Waals surface area contributed by atoms with E-state index < -0.39 is 0 Å². The molecule has 0 amide bonds.